The second-order valence-corrected chi connectivity index (χ2v) is 7.56. The molecule has 3 heterocycles. The van der Waals surface area contributed by atoms with Gasteiger partial charge >= 0.3 is 0 Å². The molecule has 0 amide bonds. The molecule has 26 heavy (non-hydrogen) atoms. The maximum absolute atomic E-state index is 13.2. The number of hydrogen-bond acceptors (Lipinski definition) is 4. The lowest BCUT2D eigenvalue weighted by Gasteiger charge is -2.21. The largest absolute Gasteiger partial charge is 0.494 e. The predicted molar refractivity (Wildman–Crippen MR) is 102 cm³/mol. The number of rotatable bonds is 5. The summed E-state index contributed by atoms with van der Waals surface area (Å²) in [5.74, 6) is 1.47. The fourth-order valence-corrected chi connectivity index (χ4v) is 4.13. The average Bonchev–Trinajstić information content (AvgIpc) is 3.24. The molecule has 4 rings (SSSR count). The fraction of sp³-hybridized carbons (Fsp3) is 0.524. The second kappa shape index (κ2) is 6.54. The van der Waals surface area contributed by atoms with Crippen molar-refractivity contribution in [3.63, 3.8) is 0 Å². The minimum absolute atomic E-state index is 0.0417. The van der Waals surface area contributed by atoms with Crippen molar-refractivity contribution in [2.75, 3.05) is 19.8 Å². The summed E-state index contributed by atoms with van der Waals surface area (Å²) >= 11 is 0. The fourth-order valence-electron chi connectivity index (χ4n) is 4.13. The smallest absolute Gasteiger partial charge is 0.261 e. The number of fused-ring (bicyclic) bond motifs is 3. The van der Waals surface area contributed by atoms with Crippen LogP contribution in [0.1, 0.15) is 49.6 Å². The van der Waals surface area contributed by atoms with Gasteiger partial charge in [-0.2, -0.15) is 0 Å². The monoisotopic (exact) mass is 354 g/mol. The molecule has 1 atom stereocenters. The number of hydrogen-bond donors (Lipinski definition) is 0. The topological polar surface area (TPSA) is 53.4 Å². The van der Waals surface area contributed by atoms with Gasteiger partial charge in [0, 0.05) is 18.7 Å². The summed E-state index contributed by atoms with van der Waals surface area (Å²) in [7, 11) is 0. The van der Waals surface area contributed by atoms with Gasteiger partial charge in [-0.3, -0.25) is 9.36 Å². The van der Waals surface area contributed by atoms with Gasteiger partial charge in [-0.25, -0.2) is 4.98 Å². The van der Waals surface area contributed by atoms with Crippen molar-refractivity contribution in [2.24, 2.45) is 0 Å². The van der Waals surface area contributed by atoms with E-state index in [4.69, 9.17) is 14.5 Å². The molecule has 1 saturated heterocycles. The lowest BCUT2D eigenvalue weighted by Crippen LogP contribution is -2.29. The van der Waals surface area contributed by atoms with Gasteiger partial charge in [0.1, 0.15) is 11.6 Å². The number of nitrogens with zero attached hydrogens (tertiary/aromatic N) is 2. The minimum atomic E-state index is -0.111. The Hall–Kier alpha value is -2.14. The van der Waals surface area contributed by atoms with E-state index in [0.29, 0.717) is 29.9 Å². The van der Waals surface area contributed by atoms with Crippen LogP contribution in [-0.4, -0.2) is 29.4 Å². The minimum Gasteiger partial charge on any atom is -0.494 e. The zero-order valence-electron chi connectivity index (χ0n) is 15.6. The molecule has 2 aromatic rings. The molecule has 0 bridgehead atoms. The van der Waals surface area contributed by atoms with E-state index >= 15 is 0 Å². The molecule has 1 spiro atoms. The first-order chi connectivity index (χ1) is 12.6. The molecule has 0 saturated carbocycles. The number of ether oxygens (including phenoxy) is 2. The standard InChI is InChI=1S/C21H26N2O3/c1-4-5-9-26-15(3)16-11-14(2)12-17-18(16)22-20-21(7-10-25-13-21)6-8-23(20)19(17)24/h11-12H,3-10,13H2,1-2H3. The van der Waals surface area contributed by atoms with E-state index in [1.54, 1.807) is 0 Å². The summed E-state index contributed by atoms with van der Waals surface area (Å²) in [4.78, 5) is 18.1. The van der Waals surface area contributed by atoms with Gasteiger partial charge in [-0.05, 0) is 43.9 Å². The molecular weight excluding hydrogens is 328 g/mol. The number of aromatic nitrogens is 2. The van der Waals surface area contributed by atoms with Crippen LogP contribution in [0.4, 0.5) is 0 Å². The maximum Gasteiger partial charge on any atom is 0.261 e. The Morgan fingerprint density at radius 2 is 2.27 bits per heavy atom. The molecule has 1 unspecified atom stereocenters. The van der Waals surface area contributed by atoms with Gasteiger partial charge < -0.3 is 9.47 Å². The van der Waals surface area contributed by atoms with Crippen LogP contribution in [0, 0.1) is 6.92 Å². The highest BCUT2D eigenvalue weighted by Crippen LogP contribution is 2.40. The highest BCUT2D eigenvalue weighted by atomic mass is 16.5. The van der Waals surface area contributed by atoms with E-state index in [0.717, 1.165) is 55.8 Å². The molecule has 1 aromatic carbocycles. The third-order valence-corrected chi connectivity index (χ3v) is 5.67. The summed E-state index contributed by atoms with van der Waals surface area (Å²) in [5.41, 5.74) is 2.49. The zero-order chi connectivity index (χ0) is 18.3. The molecule has 5 nitrogen and oxygen atoms in total. The molecule has 1 aromatic heterocycles. The molecule has 138 valence electrons. The number of unbranched alkanes of at least 4 members (excludes halogenated alkanes) is 1. The van der Waals surface area contributed by atoms with Crippen molar-refractivity contribution in [1.82, 2.24) is 9.55 Å². The predicted octanol–water partition coefficient (Wildman–Crippen LogP) is 3.55. The Balaban J connectivity index is 1.87. The van der Waals surface area contributed by atoms with Crippen molar-refractivity contribution in [2.45, 2.75) is 51.5 Å². The third kappa shape index (κ3) is 2.65. The highest BCUT2D eigenvalue weighted by Gasteiger charge is 2.44. The molecule has 2 aliphatic rings. The normalized spacial score (nSPS) is 21.5. The third-order valence-electron chi connectivity index (χ3n) is 5.67. The molecular formula is C21H26N2O3. The second-order valence-electron chi connectivity index (χ2n) is 7.56. The van der Waals surface area contributed by atoms with Crippen LogP contribution in [0.5, 0.6) is 0 Å². The average molecular weight is 354 g/mol. The Kier molecular flexibility index (Phi) is 4.35. The summed E-state index contributed by atoms with van der Waals surface area (Å²) in [6, 6.07) is 3.95. The van der Waals surface area contributed by atoms with Crippen molar-refractivity contribution in [3.05, 3.63) is 46.0 Å². The van der Waals surface area contributed by atoms with E-state index in [-0.39, 0.29) is 11.0 Å². The Morgan fingerprint density at radius 3 is 3.00 bits per heavy atom. The van der Waals surface area contributed by atoms with Crippen LogP contribution >= 0.6 is 0 Å². The van der Waals surface area contributed by atoms with Crippen LogP contribution in [-0.2, 0) is 21.4 Å². The summed E-state index contributed by atoms with van der Waals surface area (Å²) in [5, 5.41) is 0.653. The van der Waals surface area contributed by atoms with Crippen molar-refractivity contribution < 1.29 is 9.47 Å². The SMILES string of the molecule is C=C(OCCCC)c1cc(C)cc2c(=O)n3c(nc12)C1(CCOC1)CC3. The first-order valence-corrected chi connectivity index (χ1v) is 9.51. The lowest BCUT2D eigenvalue weighted by atomic mass is 9.85. The maximum atomic E-state index is 13.2. The lowest BCUT2D eigenvalue weighted by molar-refractivity contribution is 0.176. The van der Waals surface area contributed by atoms with E-state index in [2.05, 4.69) is 13.5 Å². The van der Waals surface area contributed by atoms with Gasteiger partial charge in [0.2, 0.25) is 0 Å². The van der Waals surface area contributed by atoms with Gasteiger partial charge in [-0.1, -0.05) is 19.9 Å². The van der Waals surface area contributed by atoms with Crippen molar-refractivity contribution in [3.8, 4) is 0 Å². The van der Waals surface area contributed by atoms with Crippen LogP contribution in [0.2, 0.25) is 0 Å². The van der Waals surface area contributed by atoms with Gasteiger partial charge in [0.25, 0.3) is 5.56 Å². The molecule has 0 radical (unpaired) electrons. The van der Waals surface area contributed by atoms with Gasteiger partial charge in [0.15, 0.2) is 0 Å². The molecule has 2 aliphatic heterocycles. The van der Waals surface area contributed by atoms with Gasteiger partial charge in [0.05, 0.1) is 29.5 Å². The van der Waals surface area contributed by atoms with Crippen molar-refractivity contribution >= 4 is 16.7 Å². The van der Waals surface area contributed by atoms with E-state index in [1.165, 1.54) is 0 Å². The van der Waals surface area contributed by atoms with E-state index in [1.807, 2.05) is 23.6 Å². The zero-order valence-corrected chi connectivity index (χ0v) is 15.6. The quantitative estimate of drug-likeness (QED) is 0.609. The molecule has 5 heteroatoms. The summed E-state index contributed by atoms with van der Waals surface area (Å²) < 4.78 is 13.3. The van der Waals surface area contributed by atoms with Crippen molar-refractivity contribution in [1.29, 1.82) is 0 Å². The molecule has 0 aliphatic carbocycles. The summed E-state index contributed by atoms with van der Waals surface area (Å²) in [6.07, 6.45) is 3.90. The van der Waals surface area contributed by atoms with Crippen LogP contribution in [0.15, 0.2) is 23.5 Å². The Bertz CT molecular complexity index is 923. The van der Waals surface area contributed by atoms with Crippen LogP contribution in [0.25, 0.3) is 16.7 Å². The molecule has 0 N–H and O–H groups in total. The molecule has 1 fully saturated rings. The van der Waals surface area contributed by atoms with E-state index in [9.17, 15) is 4.79 Å². The summed E-state index contributed by atoms with van der Waals surface area (Å²) in [6.45, 7) is 11.0. The van der Waals surface area contributed by atoms with Crippen LogP contribution < -0.4 is 5.56 Å². The first-order valence-electron chi connectivity index (χ1n) is 9.51. The first kappa shape index (κ1) is 17.3. The number of benzene rings is 1. The Labute approximate surface area is 153 Å². The number of aryl methyl sites for hydroxylation is 1. The van der Waals surface area contributed by atoms with Gasteiger partial charge in [-0.15, -0.1) is 0 Å². The van der Waals surface area contributed by atoms with Crippen LogP contribution in [0.3, 0.4) is 0 Å². The Morgan fingerprint density at radius 1 is 1.42 bits per heavy atom. The highest BCUT2D eigenvalue weighted by molar-refractivity contribution is 5.89. The van der Waals surface area contributed by atoms with E-state index < -0.39 is 0 Å².